The summed E-state index contributed by atoms with van der Waals surface area (Å²) in [4.78, 5) is 98.9. The molecule has 75 heavy (non-hydrogen) atoms. The van der Waals surface area contributed by atoms with Gasteiger partial charge in [0.25, 0.3) is 0 Å². The number of amides is 4. The second-order valence-corrected chi connectivity index (χ2v) is 18.8. The highest BCUT2D eigenvalue weighted by Gasteiger charge is 2.27. The molecule has 8 rings (SSSR count). The summed E-state index contributed by atoms with van der Waals surface area (Å²) >= 11 is 23.0. The number of nitrogens with zero attached hydrogens (tertiary/aromatic N) is 12. The summed E-state index contributed by atoms with van der Waals surface area (Å²) in [6.45, 7) is 7.94. The summed E-state index contributed by atoms with van der Waals surface area (Å²) in [6.07, 6.45) is 0. The smallest absolute Gasteiger partial charge is 0.359 e. The first-order chi connectivity index (χ1) is 35.6. The van der Waals surface area contributed by atoms with Crippen LogP contribution in [0.1, 0.15) is 32.4 Å². The third-order valence-electron chi connectivity index (χ3n) is 11.6. The Balaban J connectivity index is 0.000000208. The quantitative estimate of drug-likeness (QED) is 0.191. The maximum atomic E-state index is 12.8. The van der Waals surface area contributed by atoms with E-state index < -0.39 is 23.4 Å². The fourth-order valence-corrected chi connectivity index (χ4v) is 7.85. The van der Waals surface area contributed by atoms with E-state index in [2.05, 4.69) is 39.6 Å². The van der Waals surface area contributed by atoms with E-state index in [0.717, 1.165) is 63.0 Å². The van der Waals surface area contributed by atoms with Gasteiger partial charge in [-0.15, -0.1) is 0 Å². The predicted octanol–water partition coefficient (Wildman–Crippen LogP) is 3.09. The third kappa shape index (κ3) is 18.5. The highest BCUT2D eigenvalue weighted by atomic mass is 35.5. The number of nitrogens with one attached hydrogen (secondary N) is 1. The number of likely N-dealkylation sites (N-methyl/N-ethyl adjacent to an activating group) is 4. The predicted molar refractivity (Wildman–Crippen MR) is 283 cm³/mol. The van der Waals surface area contributed by atoms with Gasteiger partial charge in [-0.05, 0) is 62.6 Å². The molecule has 4 aromatic rings. The van der Waals surface area contributed by atoms with Crippen LogP contribution in [0.15, 0.2) is 48.5 Å². The van der Waals surface area contributed by atoms with E-state index in [9.17, 15) is 38.3 Å². The van der Waals surface area contributed by atoms with E-state index in [1.807, 2.05) is 44.1 Å². The Morgan fingerprint density at radius 3 is 1.37 bits per heavy atom. The number of hydrogen-bond acceptors (Lipinski definition) is 18. The van der Waals surface area contributed by atoms with E-state index in [1.165, 1.54) is 13.2 Å². The van der Waals surface area contributed by atoms with E-state index in [1.54, 1.807) is 68.9 Å². The first-order valence-electron chi connectivity index (χ1n) is 23.2. The van der Waals surface area contributed by atoms with Crippen molar-refractivity contribution in [2.75, 3.05) is 150 Å². The average Bonchev–Trinajstić information content (AvgIpc) is 3.38. The van der Waals surface area contributed by atoms with Crippen LogP contribution in [0, 0.1) is 5.82 Å². The highest BCUT2D eigenvalue weighted by Crippen LogP contribution is 2.26. The Morgan fingerprint density at radius 1 is 0.573 bits per heavy atom. The zero-order valence-electron chi connectivity index (χ0n) is 43.0. The second kappa shape index (κ2) is 29.8. The minimum absolute atomic E-state index is 0.00276. The van der Waals surface area contributed by atoms with Crippen molar-refractivity contribution in [1.29, 1.82) is 0 Å². The lowest BCUT2D eigenvalue weighted by Crippen LogP contribution is -2.49. The number of carbonyl (C=O) groups excluding carboxylic acids is 6. The molecule has 4 saturated heterocycles. The van der Waals surface area contributed by atoms with Crippen LogP contribution < -0.4 is 20.0 Å². The first kappa shape index (κ1) is 61.3. The van der Waals surface area contributed by atoms with Crippen LogP contribution in [-0.2, 0) is 41.8 Å². The number of methoxy groups -OCH3 is 2. The lowest BCUT2D eigenvalue weighted by Gasteiger charge is -2.34. The Bertz CT molecular complexity index is 2640. The molecule has 2 N–H and O–H groups in total. The van der Waals surface area contributed by atoms with Gasteiger partial charge in [0, 0.05) is 87.1 Å². The van der Waals surface area contributed by atoms with Crippen molar-refractivity contribution in [2.45, 2.75) is 13.2 Å². The molecule has 4 fully saturated rings. The summed E-state index contributed by atoms with van der Waals surface area (Å²) in [5, 5.41) is 13.3. The summed E-state index contributed by atoms with van der Waals surface area (Å²) < 4.78 is 21.7. The number of ether oxygens (including phenoxy) is 2. The zero-order chi connectivity index (χ0) is 55.5. The largest absolute Gasteiger partial charge is 0.464 e. The minimum atomic E-state index is -0.838. The third-order valence-corrected chi connectivity index (χ3v) is 12.4. The number of carbonyl (C=O) groups is 6. The van der Waals surface area contributed by atoms with Gasteiger partial charge in [-0.25, -0.2) is 33.9 Å². The Kier molecular flexibility index (Phi) is 24.3. The zero-order valence-corrected chi connectivity index (χ0v) is 46.0. The minimum Gasteiger partial charge on any atom is -0.464 e. The Labute approximate surface area is 455 Å². The number of esters is 2. The molecular formula is C48H62Cl4FN13O9. The van der Waals surface area contributed by atoms with E-state index in [0.29, 0.717) is 67.5 Å². The fraction of sp³-hybridized carbons (Fsp3) is 0.458. The molecule has 0 aliphatic carbocycles. The van der Waals surface area contributed by atoms with Crippen LogP contribution in [0.4, 0.5) is 21.5 Å². The van der Waals surface area contributed by atoms with Crippen molar-refractivity contribution < 1.29 is 47.7 Å². The molecule has 0 aromatic carbocycles. The van der Waals surface area contributed by atoms with Crippen LogP contribution in [0.2, 0.25) is 20.6 Å². The molecule has 4 aliphatic rings. The number of hydrogen-bond donors (Lipinski definition) is 2. The van der Waals surface area contributed by atoms with Crippen LogP contribution in [0.3, 0.4) is 0 Å². The Morgan fingerprint density at radius 2 is 0.960 bits per heavy atom. The highest BCUT2D eigenvalue weighted by molar-refractivity contribution is 6.30. The van der Waals surface area contributed by atoms with Crippen molar-refractivity contribution in [3.8, 4) is 0 Å². The fourth-order valence-electron chi connectivity index (χ4n) is 7.22. The van der Waals surface area contributed by atoms with Crippen molar-refractivity contribution in [1.82, 2.24) is 49.8 Å². The molecule has 0 atom stereocenters. The molecule has 4 aromatic heterocycles. The van der Waals surface area contributed by atoms with Gasteiger partial charge in [0.2, 0.25) is 23.6 Å². The lowest BCUT2D eigenvalue weighted by atomic mass is 10.2. The number of pyridine rings is 4. The normalized spacial score (nSPS) is 15.7. The molecule has 0 saturated carbocycles. The van der Waals surface area contributed by atoms with Gasteiger partial charge in [0.1, 0.15) is 20.6 Å². The molecule has 0 spiro atoms. The van der Waals surface area contributed by atoms with Crippen LogP contribution in [0.5, 0.6) is 0 Å². The second-order valence-electron chi connectivity index (χ2n) is 17.2. The van der Waals surface area contributed by atoms with Crippen molar-refractivity contribution in [3.05, 3.63) is 97.7 Å². The summed E-state index contributed by atoms with van der Waals surface area (Å²) in [5.41, 5.74) is 3.50. The maximum absolute atomic E-state index is 12.8. The van der Waals surface area contributed by atoms with E-state index in [-0.39, 0.29) is 52.8 Å². The molecule has 8 heterocycles. The number of anilines is 3. The standard InChI is InChI=1S/C13H19ClN4O.C12H14ClN3O3.C11H14ClN3O2.C7H5ClFNO2.C5H10N2O/c1-16(2)8-10-11(4-5-12(14)15-10)18-7-6-17(3)13(19)9-18;1-15-5-6-16(7-10(15)17)8-3-4-9(13)14-11(8)12(18)19-2;1-14-4-5-15(6-11(14)17)9-2-3-10(12)13-8(9)7-16;1-12-7(11)6-4(9)2-3-5(8)10-6;1-7-3-2-6-4-5(7)8/h4-5H,6-9H2,1-3H3;3-4H,5-7H2,1-2H3;2-3,16H,4-7H2,1H3;2-3H,1H3;6H,2-4H2,1H3. The number of aliphatic hydroxyl groups excluding tert-OH is 1. The van der Waals surface area contributed by atoms with Gasteiger partial charge < -0.3 is 59.1 Å². The molecule has 0 bridgehead atoms. The number of aromatic nitrogens is 4. The van der Waals surface area contributed by atoms with Crippen LogP contribution in [-0.4, -0.2) is 220 Å². The summed E-state index contributed by atoms with van der Waals surface area (Å²) in [6, 6.07) is 12.8. The SMILES string of the molecule is CN(C)Cc1nc(Cl)ccc1N1CCN(C)C(=O)C1.CN1CCN(c2ccc(Cl)nc2CO)CC1=O.CN1CCNCC1=O.COC(=O)c1nc(Cl)ccc1F.COC(=O)c1nc(Cl)ccc1N1CCN(C)C(=O)C1. The lowest BCUT2D eigenvalue weighted by molar-refractivity contribution is -0.131. The number of halogens is 5. The van der Waals surface area contributed by atoms with Gasteiger partial charge >= 0.3 is 11.9 Å². The van der Waals surface area contributed by atoms with E-state index >= 15 is 0 Å². The number of rotatable bonds is 8. The molecule has 408 valence electrons. The number of piperazine rings is 4. The van der Waals surface area contributed by atoms with Gasteiger partial charge in [-0.2, -0.15) is 0 Å². The van der Waals surface area contributed by atoms with Gasteiger partial charge in [-0.1, -0.05) is 46.4 Å². The molecular weight excluding hydrogens is 1060 g/mol. The summed E-state index contributed by atoms with van der Waals surface area (Å²) in [7, 11) is 13.6. The molecule has 0 radical (unpaired) electrons. The first-order valence-corrected chi connectivity index (χ1v) is 24.7. The van der Waals surface area contributed by atoms with Crippen LogP contribution >= 0.6 is 46.4 Å². The average molecular weight is 1130 g/mol. The molecule has 4 amide bonds. The van der Waals surface area contributed by atoms with Crippen LogP contribution in [0.25, 0.3) is 0 Å². The van der Waals surface area contributed by atoms with Crippen molar-refractivity contribution >= 4 is 99.0 Å². The summed E-state index contributed by atoms with van der Waals surface area (Å²) in [5.74, 6) is -1.76. The number of aliphatic hydroxyl groups is 1. The maximum Gasteiger partial charge on any atom is 0.359 e. The monoisotopic (exact) mass is 1120 g/mol. The van der Waals surface area contributed by atoms with Crippen molar-refractivity contribution in [3.63, 3.8) is 0 Å². The Hall–Kier alpha value is -6.21. The molecule has 27 heteroatoms. The van der Waals surface area contributed by atoms with E-state index in [4.69, 9.17) is 46.4 Å². The van der Waals surface area contributed by atoms with Crippen molar-refractivity contribution in [2.24, 2.45) is 0 Å². The molecule has 0 unspecified atom stereocenters. The van der Waals surface area contributed by atoms with Gasteiger partial charge in [0.15, 0.2) is 17.2 Å². The molecule has 4 aliphatic heterocycles. The van der Waals surface area contributed by atoms with Gasteiger partial charge in [0.05, 0.1) is 75.5 Å². The molecule has 22 nitrogen and oxygen atoms in total. The topological polar surface area (TPSA) is 231 Å². The van der Waals surface area contributed by atoms with Gasteiger partial charge in [-0.3, -0.25) is 19.2 Å².